The number of aliphatic hydroxyl groups is 1. The molecule has 1 rings (SSSR count). The Morgan fingerprint density at radius 1 is 1.57 bits per heavy atom. The molecule has 1 unspecified atom stereocenters. The van der Waals surface area contributed by atoms with Crippen LogP contribution in [-0.4, -0.2) is 57.4 Å². The zero-order valence-electron chi connectivity index (χ0n) is 13.2. The van der Waals surface area contributed by atoms with E-state index in [0.29, 0.717) is 19.6 Å². The molecule has 7 nitrogen and oxygen atoms in total. The van der Waals surface area contributed by atoms with Crippen LogP contribution < -0.4 is 5.32 Å². The molecule has 3 N–H and O–H groups in total. The predicted molar refractivity (Wildman–Crippen MR) is 79.8 cm³/mol. The summed E-state index contributed by atoms with van der Waals surface area (Å²) < 4.78 is 5.33. The van der Waals surface area contributed by atoms with Gasteiger partial charge in [-0.25, -0.2) is 9.78 Å². The molecule has 0 radical (unpaired) electrons. The molecule has 1 aromatic heterocycles. The fourth-order valence-electron chi connectivity index (χ4n) is 1.72. The molecule has 1 heterocycles. The smallest absolute Gasteiger partial charge is 0.410 e. The van der Waals surface area contributed by atoms with Crippen LogP contribution in [0.5, 0.6) is 0 Å². The van der Waals surface area contributed by atoms with Crippen LogP contribution >= 0.6 is 0 Å². The van der Waals surface area contributed by atoms with Gasteiger partial charge in [0.2, 0.25) is 0 Å². The maximum atomic E-state index is 12.1. The van der Waals surface area contributed by atoms with Crippen LogP contribution in [0.4, 0.5) is 4.79 Å². The molecule has 0 saturated carbocycles. The number of nitrogens with zero attached hydrogens (tertiary/aromatic N) is 2. The Bertz CT molecular complexity index is 412. The van der Waals surface area contributed by atoms with Crippen molar-refractivity contribution < 1.29 is 14.6 Å². The SMILES string of the molecule is CC(O)CN(CCNCc1ncc[nH]1)C(=O)OC(C)(C)C. The largest absolute Gasteiger partial charge is 0.444 e. The van der Waals surface area contributed by atoms with E-state index in [2.05, 4.69) is 15.3 Å². The van der Waals surface area contributed by atoms with Crippen molar-refractivity contribution in [2.24, 2.45) is 0 Å². The van der Waals surface area contributed by atoms with Gasteiger partial charge < -0.3 is 25.0 Å². The summed E-state index contributed by atoms with van der Waals surface area (Å²) in [7, 11) is 0. The van der Waals surface area contributed by atoms with Crippen LogP contribution in [0.2, 0.25) is 0 Å². The molecule has 0 bridgehead atoms. The van der Waals surface area contributed by atoms with Crippen LogP contribution in [0.25, 0.3) is 0 Å². The number of rotatable bonds is 7. The summed E-state index contributed by atoms with van der Waals surface area (Å²) in [5, 5.41) is 12.7. The van der Waals surface area contributed by atoms with Gasteiger partial charge in [0, 0.05) is 32.0 Å². The minimum Gasteiger partial charge on any atom is -0.444 e. The Balaban J connectivity index is 2.40. The molecule has 7 heteroatoms. The lowest BCUT2D eigenvalue weighted by Crippen LogP contribution is -2.43. The van der Waals surface area contributed by atoms with Crippen molar-refractivity contribution in [3.05, 3.63) is 18.2 Å². The number of H-pyrrole nitrogens is 1. The van der Waals surface area contributed by atoms with Gasteiger partial charge in [-0.15, -0.1) is 0 Å². The van der Waals surface area contributed by atoms with E-state index >= 15 is 0 Å². The quantitative estimate of drug-likeness (QED) is 0.656. The van der Waals surface area contributed by atoms with Gasteiger partial charge in [0.05, 0.1) is 12.6 Å². The van der Waals surface area contributed by atoms with Gasteiger partial charge in [-0.3, -0.25) is 0 Å². The van der Waals surface area contributed by atoms with Crippen LogP contribution in [0.15, 0.2) is 12.4 Å². The molecule has 120 valence electrons. The first-order chi connectivity index (χ1) is 9.78. The highest BCUT2D eigenvalue weighted by Gasteiger charge is 2.22. The molecule has 0 aliphatic rings. The Kier molecular flexibility index (Phi) is 6.64. The minimum atomic E-state index is -0.595. The van der Waals surface area contributed by atoms with Crippen LogP contribution in [0.3, 0.4) is 0 Å². The van der Waals surface area contributed by atoms with E-state index in [9.17, 15) is 9.90 Å². The summed E-state index contributed by atoms with van der Waals surface area (Å²) in [4.78, 5) is 20.7. The number of aromatic nitrogens is 2. The second-order valence-electron chi connectivity index (χ2n) is 5.99. The molecular formula is C14H26N4O3. The highest BCUT2D eigenvalue weighted by Crippen LogP contribution is 2.10. The molecule has 0 aromatic carbocycles. The van der Waals surface area contributed by atoms with E-state index in [-0.39, 0.29) is 6.54 Å². The maximum Gasteiger partial charge on any atom is 0.410 e. The zero-order valence-corrected chi connectivity index (χ0v) is 13.2. The van der Waals surface area contributed by atoms with Crippen molar-refractivity contribution >= 4 is 6.09 Å². The third kappa shape index (κ3) is 7.67. The number of carbonyl (C=O) groups excluding carboxylic acids is 1. The second kappa shape index (κ2) is 7.99. The monoisotopic (exact) mass is 298 g/mol. The number of amides is 1. The van der Waals surface area contributed by atoms with Crippen LogP contribution in [0, 0.1) is 0 Å². The molecule has 0 fully saturated rings. The van der Waals surface area contributed by atoms with Gasteiger partial charge >= 0.3 is 6.09 Å². The first kappa shape index (κ1) is 17.5. The van der Waals surface area contributed by atoms with Gasteiger partial charge in [-0.1, -0.05) is 0 Å². The average molecular weight is 298 g/mol. The normalized spacial score (nSPS) is 13.0. The van der Waals surface area contributed by atoms with Crippen molar-refractivity contribution in [2.75, 3.05) is 19.6 Å². The lowest BCUT2D eigenvalue weighted by atomic mass is 10.2. The molecule has 0 spiro atoms. The predicted octanol–water partition coefficient (Wildman–Crippen LogP) is 1.12. The minimum absolute atomic E-state index is 0.247. The van der Waals surface area contributed by atoms with E-state index in [1.54, 1.807) is 19.3 Å². The standard InChI is InChI=1S/C14H26N4O3/c1-11(19)10-18(13(20)21-14(2,3)4)8-7-15-9-12-16-5-6-17-12/h5-6,11,15,19H,7-10H2,1-4H3,(H,16,17). The molecule has 0 aliphatic heterocycles. The summed E-state index contributed by atoms with van der Waals surface area (Å²) in [6.07, 6.45) is 2.44. The number of nitrogens with one attached hydrogen (secondary N) is 2. The van der Waals surface area contributed by atoms with E-state index in [0.717, 1.165) is 5.82 Å². The molecule has 21 heavy (non-hydrogen) atoms. The zero-order chi connectivity index (χ0) is 15.9. The topological polar surface area (TPSA) is 90.5 Å². The summed E-state index contributed by atoms with van der Waals surface area (Å²) in [5.74, 6) is 0.842. The fraction of sp³-hybridized carbons (Fsp3) is 0.714. The number of aromatic amines is 1. The van der Waals surface area contributed by atoms with Crippen molar-refractivity contribution in [1.29, 1.82) is 0 Å². The van der Waals surface area contributed by atoms with Crippen molar-refractivity contribution in [3.8, 4) is 0 Å². The number of carbonyl (C=O) groups is 1. The highest BCUT2D eigenvalue weighted by molar-refractivity contribution is 5.68. The Hall–Kier alpha value is -1.60. The maximum absolute atomic E-state index is 12.1. The Morgan fingerprint density at radius 2 is 2.29 bits per heavy atom. The number of hydrogen-bond donors (Lipinski definition) is 3. The van der Waals surface area contributed by atoms with Crippen molar-refractivity contribution in [2.45, 2.75) is 45.9 Å². The summed E-state index contributed by atoms with van der Waals surface area (Å²) in [6, 6.07) is 0. The molecular weight excluding hydrogens is 272 g/mol. The van der Waals surface area contributed by atoms with E-state index in [4.69, 9.17) is 4.74 Å². The van der Waals surface area contributed by atoms with Gasteiger partial charge in [-0.05, 0) is 27.7 Å². The van der Waals surface area contributed by atoms with Crippen molar-refractivity contribution in [1.82, 2.24) is 20.2 Å². The van der Waals surface area contributed by atoms with Crippen LogP contribution in [0.1, 0.15) is 33.5 Å². The summed E-state index contributed by atoms with van der Waals surface area (Å²) >= 11 is 0. The molecule has 1 atom stereocenters. The third-order valence-corrected chi connectivity index (χ3v) is 2.54. The van der Waals surface area contributed by atoms with Gasteiger partial charge in [0.15, 0.2) is 0 Å². The molecule has 0 aliphatic carbocycles. The molecule has 1 aromatic rings. The van der Waals surface area contributed by atoms with Crippen molar-refractivity contribution in [3.63, 3.8) is 0 Å². The first-order valence-corrected chi connectivity index (χ1v) is 7.13. The lowest BCUT2D eigenvalue weighted by molar-refractivity contribution is 0.0164. The highest BCUT2D eigenvalue weighted by atomic mass is 16.6. The van der Waals surface area contributed by atoms with Gasteiger partial charge in [0.25, 0.3) is 0 Å². The summed E-state index contributed by atoms with van der Waals surface area (Å²) in [5.41, 5.74) is -0.546. The number of ether oxygens (including phenoxy) is 1. The molecule has 0 saturated heterocycles. The van der Waals surface area contributed by atoms with E-state index < -0.39 is 17.8 Å². The van der Waals surface area contributed by atoms with Crippen LogP contribution in [-0.2, 0) is 11.3 Å². The number of aliphatic hydroxyl groups excluding tert-OH is 1. The molecule has 1 amide bonds. The second-order valence-corrected chi connectivity index (χ2v) is 5.99. The first-order valence-electron chi connectivity index (χ1n) is 7.13. The van der Waals surface area contributed by atoms with E-state index in [1.807, 2.05) is 20.8 Å². The van der Waals surface area contributed by atoms with Gasteiger partial charge in [-0.2, -0.15) is 0 Å². The fourth-order valence-corrected chi connectivity index (χ4v) is 1.72. The third-order valence-electron chi connectivity index (χ3n) is 2.54. The number of imidazole rings is 1. The van der Waals surface area contributed by atoms with E-state index in [1.165, 1.54) is 4.90 Å². The number of hydrogen-bond acceptors (Lipinski definition) is 5. The lowest BCUT2D eigenvalue weighted by Gasteiger charge is -2.28. The Labute approximate surface area is 125 Å². The average Bonchev–Trinajstić information content (AvgIpc) is 2.83. The van der Waals surface area contributed by atoms with Gasteiger partial charge in [0.1, 0.15) is 11.4 Å². The Morgan fingerprint density at radius 3 is 2.81 bits per heavy atom. The summed E-state index contributed by atoms with van der Waals surface area (Å²) in [6.45, 7) is 9.00.